The van der Waals surface area contributed by atoms with Crippen LogP contribution < -0.4 is 0 Å². The smallest absolute Gasteiger partial charge is 0.333 e. The molecule has 1 aliphatic rings. The number of hydrogen-bond donors (Lipinski definition) is 0. The van der Waals surface area contributed by atoms with Gasteiger partial charge in [-0.3, -0.25) is 0 Å². The zero-order valence-corrected chi connectivity index (χ0v) is 18.2. The lowest BCUT2D eigenvalue weighted by Gasteiger charge is -2.40. The van der Waals surface area contributed by atoms with Crippen LogP contribution in [0.25, 0.3) is 0 Å². The van der Waals surface area contributed by atoms with Crippen LogP contribution in [0.3, 0.4) is 0 Å². The molecule has 9 heteroatoms. The molecule has 0 aliphatic carbocycles. The molecule has 1 saturated heterocycles. The molecule has 0 bridgehead atoms. The van der Waals surface area contributed by atoms with Crippen molar-refractivity contribution in [3.05, 3.63) is 48.6 Å². The van der Waals surface area contributed by atoms with Gasteiger partial charge in [0.05, 0.1) is 6.61 Å². The summed E-state index contributed by atoms with van der Waals surface area (Å²) in [5, 5.41) is 0. The van der Waals surface area contributed by atoms with Gasteiger partial charge in [-0.25, -0.2) is 19.2 Å². The quantitative estimate of drug-likeness (QED) is 0.304. The van der Waals surface area contributed by atoms with Crippen molar-refractivity contribution in [1.29, 1.82) is 0 Å². The molecule has 0 N–H and O–H groups in total. The molecule has 0 amide bonds. The summed E-state index contributed by atoms with van der Waals surface area (Å²) < 4.78 is 26.9. The Bertz CT molecular complexity index is 808. The fourth-order valence-electron chi connectivity index (χ4n) is 2.33. The molecule has 0 aromatic rings. The molecule has 1 aliphatic heterocycles. The Hall–Kier alpha value is -3.20. The molecule has 170 valence electrons. The molecular formula is C22H28O9. The van der Waals surface area contributed by atoms with Crippen LogP contribution in [0.4, 0.5) is 0 Å². The first-order chi connectivity index (χ1) is 14.3. The molecule has 1 fully saturated rings. The topological polar surface area (TPSA) is 114 Å². The van der Waals surface area contributed by atoms with Gasteiger partial charge in [0.2, 0.25) is 0 Å². The SMILES string of the molecule is C=C(C)C(=O)OCC1OC[C@@H](OC(=O)C(=C)C)[C@@H](OC(=O)C(=C)C)C1OC(=O)C(=C)C. The molecule has 1 heterocycles. The van der Waals surface area contributed by atoms with Crippen LogP contribution in [0, 0.1) is 0 Å². The van der Waals surface area contributed by atoms with E-state index in [1.54, 1.807) is 0 Å². The predicted octanol–water partition coefficient (Wildman–Crippen LogP) is 1.97. The summed E-state index contributed by atoms with van der Waals surface area (Å²) in [5.74, 6) is -3.02. The molecule has 0 aromatic heterocycles. The minimum Gasteiger partial charge on any atom is -0.459 e. The highest BCUT2D eigenvalue weighted by Gasteiger charge is 2.48. The van der Waals surface area contributed by atoms with Crippen LogP contribution in [0.1, 0.15) is 27.7 Å². The van der Waals surface area contributed by atoms with Crippen molar-refractivity contribution in [1.82, 2.24) is 0 Å². The summed E-state index contributed by atoms with van der Waals surface area (Å²) in [7, 11) is 0. The highest BCUT2D eigenvalue weighted by Crippen LogP contribution is 2.26. The molecular weight excluding hydrogens is 408 g/mol. The number of carbonyl (C=O) groups is 4. The average Bonchev–Trinajstić information content (AvgIpc) is 2.68. The van der Waals surface area contributed by atoms with Gasteiger partial charge < -0.3 is 23.7 Å². The molecule has 1 rings (SSSR count). The van der Waals surface area contributed by atoms with E-state index in [1.807, 2.05) is 0 Å². The molecule has 4 atom stereocenters. The maximum Gasteiger partial charge on any atom is 0.333 e. The molecule has 0 aromatic carbocycles. The zero-order chi connectivity index (χ0) is 23.9. The Balaban J connectivity index is 3.26. The first-order valence-corrected chi connectivity index (χ1v) is 9.38. The molecule has 2 unspecified atom stereocenters. The van der Waals surface area contributed by atoms with Gasteiger partial charge in [-0.15, -0.1) is 0 Å². The van der Waals surface area contributed by atoms with Crippen molar-refractivity contribution in [2.45, 2.75) is 52.1 Å². The number of esters is 4. The van der Waals surface area contributed by atoms with E-state index in [4.69, 9.17) is 23.7 Å². The van der Waals surface area contributed by atoms with Gasteiger partial charge in [0.25, 0.3) is 0 Å². The van der Waals surface area contributed by atoms with Gasteiger partial charge in [-0.05, 0) is 27.7 Å². The first-order valence-electron chi connectivity index (χ1n) is 9.38. The summed E-state index contributed by atoms with van der Waals surface area (Å²) in [6, 6.07) is 0. The Morgan fingerprint density at radius 3 is 1.58 bits per heavy atom. The summed E-state index contributed by atoms with van der Waals surface area (Å²) >= 11 is 0. The minimum absolute atomic E-state index is 0.0729. The second-order valence-corrected chi connectivity index (χ2v) is 7.28. The third-order valence-corrected chi connectivity index (χ3v) is 4.05. The van der Waals surface area contributed by atoms with E-state index in [-0.39, 0.29) is 35.5 Å². The van der Waals surface area contributed by atoms with Crippen molar-refractivity contribution in [3.63, 3.8) is 0 Å². The fourth-order valence-corrected chi connectivity index (χ4v) is 2.33. The monoisotopic (exact) mass is 436 g/mol. The van der Waals surface area contributed by atoms with Gasteiger partial charge in [0, 0.05) is 22.3 Å². The third kappa shape index (κ3) is 7.53. The van der Waals surface area contributed by atoms with E-state index >= 15 is 0 Å². The highest BCUT2D eigenvalue weighted by molar-refractivity contribution is 5.89. The summed E-state index contributed by atoms with van der Waals surface area (Å²) in [6.07, 6.45) is -4.68. The van der Waals surface area contributed by atoms with Crippen LogP contribution in [-0.2, 0) is 42.9 Å². The molecule has 0 radical (unpaired) electrons. The Morgan fingerprint density at radius 2 is 1.13 bits per heavy atom. The van der Waals surface area contributed by atoms with Crippen molar-refractivity contribution in [2.75, 3.05) is 13.2 Å². The number of rotatable bonds is 9. The van der Waals surface area contributed by atoms with Crippen LogP contribution in [-0.4, -0.2) is 61.5 Å². The molecule has 31 heavy (non-hydrogen) atoms. The maximum atomic E-state index is 12.2. The van der Waals surface area contributed by atoms with E-state index in [0.717, 1.165) is 0 Å². The number of hydrogen-bond acceptors (Lipinski definition) is 9. The second kappa shape index (κ2) is 11.3. The standard InChI is InChI=1S/C22H28O9/c1-11(2)19(23)28-9-15-17(30-21(25)13(5)6)18(31-22(26)14(7)8)16(10-27-15)29-20(24)12(3)4/h15-18H,1,3,5,7,9-10H2,2,4,6,8H3/t15?,16-,17?,18-/m1/s1. The van der Waals surface area contributed by atoms with Gasteiger partial charge >= 0.3 is 23.9 Å². The van der Waals surface area contributed by atoms with E-state index in [0.29, 0.717) is 0 Å². The van der Waals surface area contributed by atoms with Crippen molar-refractivity contribution >= 4 is 23.9 Å². The van der Waals surface area contributed by atoms with Crippen molar-refractivity contribution in [3.8, 4) is 0 Å². The lowest BCUT2D eigenvalue weighted by molar-refractivity contribution is -0.229. The van der Waals surface area contributed by atoms with Crippen LogP contribution in [0.2, 0.25) is 0 Å². The molecule has 9 nitrogen and oxygen atoms in total. The first kappa shape index (κ1) is 25.8. The number of ether oxygens (including phenoxy) is 5. The summed E-state index contributed by atoms with van der Waals surface area (Å²) in [6.45, 7) is 19.2. The van der Waals surface area contributed by atoms with E-state index in [2.05, 4.69) is 26.3 Å². The fraction of sp³-hybridized carbons (Fsp3) is 0.455. The van der Waals surface area contributed by atoms with Crippen molar-refractivity contribution in [2.24, 2.45) is 0 Å². The van der Waals surface area contributed by atoms with Crippen LogP contribution >= 0.6 is 0 Å². The van der Waals surface area contributed by atoms with Gasteiger partial charge in [0.1, 0.15) is 12.7 Å². The Labute approximate surface area is 181 Å². The largest absolute Gasteiger partial charge is 0.459 e. The van der Waals surface area contributed by atoms with Gasteiger partial charge in [0.15, 0.2) is 18.3 Å². The van der Waals surface area contributed by atoms with E-state index in [9.17, 15) is 19.2 Å². The predicted molar refractivity (Wildman–Crippen MR) is 110 cm³/mol. The third-order valence-electron chi connectivity index (χ3n) is 4.05. The average molecular weight is 436 g/mol. The van der Waals surface area contributed by atoms with Gasteiger partial charge in [-0.1, -0.05) is 26.3 Å². The molecule has 0 spiro atoms. The van der Waals surface area contributed by atoms with Crippen molar-refractivity contribution < 1.29 is 42.9 Å². The second-order valence-electron chi connectivity index (χ2n) is 7.28. The Morgan fingerprint density at radius 1 is 0.710 bits per heavy atom. The minimum atomic E-state index is -1.28. The number of carbonyl (C=O) groups excluding carboxylic acids is 4. The highest BCUT2D eigenvalue weighted by atomic mass is 16.7. The lowest BCUT2D eigenvalue weighted by atomic mass is 9.99. The lowest BCUT2D eigenvalue weighted by Crippen LogP contribution is -2.59. The summed E-state index contributed by atoms with van der Waals surface area (Å²) in [5.41, 5.74) is 0.415. The zero-order valence-electron chi connectivity index (χ0n) is 18.2. The Kier molecular flexibility index (Phi) is 9.39. The molecule has 0 saturated carbocycles. The summed E-state index contributed by atoms with van der Waals surface area (Å²) in [4.78, 5) is 48.3. The maximum absolute atomic E-state index is 12.2. The normalized spacial score (nSPS) is 22.5. The van der Waals surface area contributed by atoms with Gasteiger partial charge in [-0.2, -0.15) is 0 Å². The van der Waals surface area contributed by atoms with E-state index in [1.165, 1.54) is 27.7 Å². The van der Waals surface area contributed by atoms with E-state index < -0.39 is 48.3 Å². The van der Waals surface area contributed by atoms with Crippen LogP contribution in [0.15, 0.2) is 48.6 Å². The van der Waals surface area contributed by atoms with Crippen LogP contribution in [0.5, 0.6) is 0 Å².